The zero-order valence-electron chi connectivity index (χ0n) is 12.3. The zero-order chi connectivity index (χ0) is 16.5. The summed E-state index contributed by atoms with van der Waals surface area (Å²) < 4.78 is 0. The summed E-state index contributed by atoms with van der Waals surface area (Å²) in [6.45, 7) is 0. The Morgan fingerprint density at radius 2 is 1.83 bits per heavy atom. The molecule has 2 heterocycles. The molecule has 4 rings (SSSR count). The number of hydrogen-bond acceptors (Lipinski definition) is 4. The molecule has 0 aliphatic rings. The highest BCUT2D eigenvalue weighted by Crippen LogP contribution is 2.20. The topological polar surface area (TPSA) is 59.8 Å². The number of thiophene rings is 1. The number of fused-ring (bicyclic) bond motifs is 1. The highest BCUT2D eigenvalue weighted by Gasteiger charge is 2.09. The minimum atomic E-state index is -0.130. The predicted molar refractivity (Wildman–Crippen MR) is 96.1 cm³/mol. The van der Waals surface area contributed by atoms with Gasteiger partial charge in [-0.15, -0.1) is 21.5 Å². The second-order valence-corrected chi connectivity index (χ2v) is 6.48. The van der Waals surface area contributed by atoms with Crippen LogP contribution in [-0.4, -0.2) is 20.9 Å². The number of anilines is 1. The van der Waals surface area contributed by atoms with E-state index in [2.05, 4.69) is 15.5 Å². The second kappa shape index (κ2) is 6.07. The minimum Gasteiger partial charge on any atom is -0.321 e. The molecule has 0 fully saturated rings. The Balaban J connectivity index is 1.63. The van der Waals surface area contributed by atoms with E-state index in [4.69, 9.17) is 11.6 Å². The zero-order valence-corrected chi connectivity index (χ0v) is 13.9. The molecule has 2 aromatic carbocycles. The van der Waals surface area contributed by atoms with Crippen molar-refractivity contribution in [3.8, 4) is 5.69 Å². The van der Waals surface area contributed by atoms with Gasteiger partial charge in [-0.05, 0) is 53.9 Å². The molecule has 0 saturated heterocycles. The first-order chi connectivity index (χ1) is 11.7. The SMILES string of the molecule is O=C(Nc1ccc2nn(-c3ccc(Cl)cc3)nc2c1)c1cccs1. The molecule has 118 valence electrons. The fraction of sp³-hybridized carbons (Fsp3) is 0. The summed E-state index contributed by atoms with van der Waals surface area (Å²) in [4.78, 5) is 14.3. The van der Waals surface area contributed by atoms with Crippen LogP contribution < -0.4 is 5.32 Å². The van der Waals surface area contributed by atoms with E-state index < -0.39 is 0 Å². The van der Waals surface area contributed by atoms with Crippen LogP contribution >= 0.6 is 22.9 Å². The van der Waals surface area contributed by atoms with Crippen LogP contribution in [0.3, 0.4) is 0 Å². The molecule has 1 N–H and O–H groups in total. The standard InChI is InChI=1S/C17H11ClN4OS/c18-11-3-6-13(7-4-11)22-20-14-8-5-12(10-15(14)21-22)19-17(23)16-2-1-9-24-16/h1-10H,(H,19,23). The molecule has 0 unspecified atom stereocenters. The summed E-state index contributed by atoms with van der Waals surface area (Å²) in [5, 5.41) is 14.3. The van der Waals surface area contributed by atoms with E-state index in [1.807, 2.05) is 35.7 Å². The quantitative estimate of drug-likeness (QED) is 0.593. The smallest absolute Gasteiger partial charge is 0.265 e. The average molecular weight is 355 g/mol. The first-order valence-corrected chi connectivity index (χ1v) is 8.43. The molecule has 0 radical (unpaired) electrons. The molecule has 0 atom stereocenters. The molecule has 0 aliphatic carbocycles. The van der Waals surface area contributed by atoms with Gasteiger partial charge in [0.2, 0.25) is 0 Å². The molecule has 4 aromatic rings. The van der Waals surface area contributed by atoms with Crippen LogP contribution in [0, 0.1) is 0 Å². The lowest BCUT2D eigenvalue weighted by molar-refractivity contribution is 0.103. The Morgan fingerprint density at radius 3 is 2.58 bits per heavy atom. The lowest BCUT2D eigenvalue weighted by Gasteiger charge is -2.02. The van der Waals surface area contributed by atoms with Crippen LogP contribution in [-0.2, 0) is 0 Å². The predicted octanol–water partition coefficient (Wildman–Crippen LogP) is 4.39. The normalized spacial score (nSPS) is 10.9. The van der Waals surface area contributed by atoms with E-state index in [1.165, 1.54) is 11.3 Å². The number of benzene rings is 2. The Labute approximate surface area is 146 Å². The van der Waals surface area contributed by atoms with Crippen LogP contribution in [0.2, 0.25) is 5.02 Å². The van der Waals surface area contributed by atoms with Crippen molar-refractivity contribution < 1.29 is 4.79 Å². The van der Waals surface area contributed by atoms with E-state index in [9.17, 15) is 4.79 Å². The van der Waals surface area contributed by atoms with Crippen molar-refractivity contribution >= 4 is 45.6 Å². The van der Waals surface area contributed by atoms with Crippen LogP contribution in [0.4, 0.5) is 5.69 Å². The number of carbonyl (C=O) groups excluding carboxylic acids is 1. The lowest BCUT2D eigenvalue weighted by atomic mass is 10.2. The average Bonchev–Trinajstić information content (AvgIpc) is 3.24. The molecular weight excluding hydrogens is 344 g/mol. The van der Waals surface area contributed by atoms with Crippen molar-refractivity contribution in [2.24, 2.45) is 0 Å². The monoisotopic (exact) mass is 354 g/mol. The maximum atomic E-state index is 12.1. The molecule has 7 heteroatoms. The number of hydrogen-bond donors (Lipinski definition) is 1. The third-order valence-electron chi connectivity index (χ3n) is 3.44. The molecule has 5 nitrogen and oxygen atoms in total. The van der Waals surface area contributed by atoms with Crippen LogP contribution in [0.15, 0.2) is 60.0 Å². The van der Waals surface area contributed by atoms with Gasteiger partial charge in [0.1, 0.15) is 11.0 Å². The van der Waals surface area contributed by atoms with Crippen LogP contribution in [0.25, 0.3) is 16.7 Å². The van der Waals surface area contributed by atoms with Crippen molar-refractivity contribution in [2.75, 3.05) is 5.32 Å². The third kappa shape index (κ3) is 2.89. The van der Waals surface area contributed by atoms with Crippen molar-refractivity contribution in [1.82, 2.24) is 15.0 Å². The summed E-state index contributed by atoms with van der Waals surface area (Å²) in [6, 6.07) is 16.4. The lowest BCUT2D eigenvalue weighted by Crippen LogP contribution is -2.09. The second-order valence-electron chi connectivity index (χ2n) is 5.10. The molecule has 0 bridgehead atoms. The Kier molecular flexibility index (Phi) is 3.76. The summed E-state index contributed by atoms with van der Waals surface area (Å²) >= 11 is 7.30. The first-order valence-electron chi connectivity index (χ1n) is 7.17. The third-order valence-corrected chi connectivity index (χ3v) is 4.56. The summed E-state index contributed by atoms with van der Waals surface area (Å²) in [7, 11) is 0. The summed E-state index contributed by atoms with van der Waals surface area (Å²) in [6.07, 6.45) is 0. The Bertz CT molecular complexity index is 1010. The fourth-order valence-electron chi connectivity index (χ4n) is 2.28. The number of amides is 1. The van der Waals surface area contributed by atoms with Gasteiger partial charge in [-0.1, -0.05) is 17.7 Å². The molecule has 0 saturated carbocycles. The minimum absolute atomic E-state index is 0.130. The first kappa shape index (κ1) is 14.9. The van der Waals surface area contributed by atoms with Crippen molar-refractivity contribution in [3.05, 3.63) is 69.9 Å². The highest BCUT2D eigenvalue weighted by atomic mass is 35.5. The molecule has 0 spiro atoms. The Morgan fingerprint density at radius 1 is 1.04 bits per heavy atom. The van der Waals surface area contributed by atoms with E-state index >= 15 is 0 Å². The Hall–Kier alpha value is -2.70. The van der Waals surface area contributed by atoms with Gasteiger partial charge in [-0.3, -0.25) is 4.79 Å². The number of nitrogens with one attached hydrogen (secondary N) is 1. The summed E-state index contributed by atoms with van der Waals surface area (Å²) in [5.74, 6) is -0.130. The summed E-state index contributed by atoms with van der Waals surface area (Å²) in [5.41, 5.74) is 2.96. The number of rotatable bonds is 3. The highest BCUT2D eigenvalue weighted by molar-refractivity contribution is 7.12. The number of aromatic nitrogens is 3. The molecule has 2 aromatic heterocycles. The molecule has 1 amide bonds. The van der Waals surface area contributed by atoms with Gasteiger partial charge in [0.05, 0.1) is 10.6 Å². The van der Waals surface area contributed by atoms with E-state index in [-0.39, 0.29) is 5.91 Å². The number of halogens is 1. The van der Waals surface area contributed by atoms with Crippen molar-refractivity contribution in [3.63, 3.8) is 0 Å². The van der Waals surface area contributed by atoms with Gasteiger partial charge < -0.3 is 5.32 Å². The van der Waals surface area contributed by atoms with Gasteiger partial charge in [-0.2, -0.15) is 4.80 Å². The van der Waals surface area contributed by atoms with Gasteiger partial charge in [-0.25, -0.2) is 0 Å². The number of nitrogens with zero attached hydrogens (tertiary/aromatic N) is 3. The molecule has 0 aliphatic heterocycles. The van der Waals surface area contributed by atoms with Gasteiger partial charge in [0.15, 0.2) is 0 Å². The van der Waals surface area contributed by atoms with Crippen LogP contribution in [0.5, 0.6) is 0 Å². The van der Waals surface area contributed by atoms with Gasteiger partial charge in [0, 0.05) is 10.7 Å². The maximum Gasteiger partial charge on any atom is 0.265 e. The molecule has 24 heavy (non-hydrogen) atoms. The van der Waals surface area contributed by atoms with E-state index in [1.54, 1.807) is 29.1 Å². The fourth-order valence-corrected chi connectivity index (χ4v) is 3.03. The largest absolute Gasteiger partial charge is 0.321 e. The van der Waals surface area contributed by atoms with E-state index in [0.29, 0.717) is 21.1 Å². The van der Waals surface area contributed by atoms with Crippen molar-refractivity contribution in [1.29, 1.82) is 0 Å². The maximum absolute atomic E-state index is 12.1. The number of carbonyl (C=O) groups is 1. The van der Waals surface area contributed by atoms with Crippen molar-refractivity contribution in [2.45, 2.75) is 0 Å². The van der Waals surface area contributed by atoms with Gasteiger partial charge in [0.25, 0.3) is 5.91 Å². The molecular formula is C17H11ClN4OS. The van der Waals surface area contributed by atoms with E-state index in [0.717, 1.165) is 11.2 Å². The van der Waals surface area contributed by atoms with Gasteiger partial charge >= 0.3 is 0 Å². The van der Waals surface area contributed by atoms with Crippen LogP contribution in [0.1, 0.15) is 9.67 Å².